The van der Waals surface area contributed by atoms with Gasteiger partial charge in [-0.05, 0) is 6.07 Å². The lowest BCUT2D eigenvalue weighted by Gasteiger charge is -2.13. The van der Waals surface area contributed by atoms with Gasteiger partial charge in [-0.1, -0.05) is 0 Å². The van der Waals surface area contributed by atoms with E-state index in [-0.39, 0.29) is 11.4 Å². The molecule has 0 saturated heterocycles. The third-order valence-corrected chi connectivity index (χ3v) is 1.49. The molecule has 1 rings (SSSR count). The second-order valence-electron chi connectivity index (χ2n) is 2.53. The Morgan fingerprint density at radius 3 is 2.75 bits per heavy atom. The van der Waals surface area contributed by atoms with Crippen LogP contribution in [0.4, 0.5) is 5.69 Å². The van der Waals surface area contributed by atoms with Crippen LogP contribution < -0.4 is 4.90 Å². The number of nitrogens with zero attached hydrogens (tertiary/aromatic N) is 3. The van der Waals surface area contributed by atoms with Gasteiger partial charge in [0.25, 0.3) is 0 Å². The predicted molar refractivity (Wildman–Crippen MR) is 44.9 cm³/mol. The average Bonchev–Trinajstić information content (AvgIpc) is 2.04. The molecule has 4 heteroatoms. The van der Waals surface area contributed by atoms with Crippen LogP contribution in [-0.2, 0) is 0 Å². The van der Waals surface area contributed by atoms with Gasteiger partial charge >= 0.3 is 0 Å². The van der Waals surface area contributed by atoms with Crippen molar-refractivity contribution in [3.8, 4) is 11.8 Å². The van der Waals surface area contributed by atoms with Crippen LogP contribution >= 0.6 is 0 Å². The minimum Gasteiger partial charge on any atom is -0.503 e. The van der Waals surface area contributed by atoms with E-state index in [0.29, 0.717) is 5.69 Å². The Bertz CT molecular complexity index is 328. The predicted octanol–water partition coefficient (Wildman–Crippen LogP) is 0.725. The second-order valence-corrected chi connectivity index (χ2v) is 2.53. The molecule has 1 aromatic rings. The van der Waals surface area contributed by atoms with E-state index in [1.807, 2.05) is 0 Å². The van der Waals surface area contributed by atoms with Gasteiger partial charge in [-0.2, -0.15) is 5.26 Å². The normalized spacial score (nSPS) is 9.08. The fourth-order valence-electron chi connectivity index (χ4n) is 0.886. The molecule has 62 valence electrons. The summed E-state index contributed by atoms with van der Waals surface area (Å²) in [5, 5.41) is 18.0. The zero-order valence-electron chi connectivity index (χ0n) is 6.94. The molecular weight excluding hydrogens is 154 g/mol. The molecule has 1 N–H and O–H groups in total. The van der Waals surface area contributed by atoms with Gasteiger partial charge < -0.3 is 10.0 Å². The molecule has 4 nitrogen and oxygen atoms in total. The average molecular weight is 163 g/mol. The van der Waals surface area contributed by atoms with E-state index in [1.54, 1.807) is 31.1 Å². The zero-order valence-corrected chi connectivity index (χ0v) is 6.94. The van der Waals surface area contributed by atoms with Crippen molar-refractivity contribution in [1.82, 2.24) is 4.98 Å². The molecule has 0 atom stereocenters. The number of anilines is 1. The third-order valence-electron chi connectivity index (χ3n) is 1.49. The standard InChI is InChI=1S/C8H9N3O/c1-11(2)7-3-4-10-6(5-9)8(7)12/h3-4,12H,1-2H3. The van der Waals surface area contributed by atoms with Crippen LogP contribution in [-0.4, -0.2) is 24.2 Å². The Hall–Kier alpha value is -1.76. The van der Waals surface area contributed by atoms with Crippen LogP contribution in [0, 0.1) is 11.3 Å². The lowest BCUT2D eigenvalue weighted by atomic mass is 10.3. The smallest absolute Gasteiger partial charge is 0.184 e. The number of aromatic hydroxyl groups is 1. The molecule has 0 aliphatic carbocycles. The van der Waals surface area contributed by atoms with Gasteiger partial charge in [0.15, 0.2) is 11.4 Å². The summed E-state index contributed by atoms with van der Waals surface area (Å²) < 4.78 is 0. The maximum Gasteiger partial charge on any atom is 0.184 e. The quantitative estimate of drug-likeness (QED) is 0.662. The van der Waals surface area contributed by atoms with E-state index in [0.717, 1.165) is 0 Å². The fourth-order valence-corrected chi connectivity index (χ4v) is 0.886. The molecule has 0 unspecified atom stereocenters. The van der Waals surface area contributed by atoms with E-state index in [9.17, 15) is 5.11 Å². The number of hydrogen-bond acceptors (Lipinski definition) is 4. The van der Waals surface area contributed by atoms with Crippen molar-refractivity contribution in [2.75, 3.05) is 19.0 Å². The zero-order chi connectivity index (χ0) is 9.14. The summed E-state index contributed by atoms with van der Waals surface area (Å²) in [5.74, 6) is -0.0648. The summed E-state index contributed by atoms with van der Waals surface area (Å²) in [5.41, 5.74) is 0.655. The maximum atomic E-state index is 9.43. The molecule has 0 aromatic carbocycles. The molecule has 1 aromatic heterocycles. The molecule has 0 spiro atoms. The number of rotatable bonds is 1. The van der Waals surface area contributed by atoms with Gasteiger partial charge in [-0.25, -0.2) is 4.98 Å². The van der Waals surface area contributed by atoms with Crippen LogP contribution in [0.25, 0.3) is 0 Å². The highest BCUT2D eigenvalue weighted by molar-refractivity contribution is 5.60. The van der Waals surface area contributed by atoms with E-state index < -0.39 is 0 Å². The van der Waals surface area contributed by atoms with Gasteiger partial charge in [-0.3, -0.25) is 0 Å². The van der Waals surface area contributed by atoms with Crippen LogP contribution in [0.2, 0.25) is 0 Å². The highest BCUT2D eigenvalue weighted by Gasteiger charge is 2.08. The molecule has 0 aliphatic rings. The van der Waals surface area contributed by atoms with E-state index >= 15 is 0 Å². The van der Waals surface area contributed by atoms with Gasteiger partial charge in [0.1, 0.15) is 6.07 Å². The van der Waals surface area contributed by atoms with Crippen LogP contribution in [0.1, 0.15) is 5.69 Å². The van der Waals surface area contributed by atoms with Crippen molar-refractivity contribution in [1.29, 1.82) is 5.26 Å². The first-order valence-corrected chi connectivity index (χ1v) is 3.42. The van der Waals surface area contributed by atoms with Crippen LogP contribution in [0.15, 0.2) is 12.3 Å². The molecular formula is C8H9N3O. The number of hydrogen-bond donors (Lipinski definition) is 1. The molecule has 1 heterocycles. The lowest BCUT2D eigenvalue weighted by molar-refractivity contribution is 0.471. The first kappa shape index (κ1) is 8.34. The summed E-state index contributed by atoms with van der Waals surface area (Å²) in [6.07, 6.45) is 1.49. The highest BCUT2D eigenvalue weighted by atomic mass is 16.3. The number of aromatic nitrogens is 1. The largest absolute Gasteiger partial charge is 0.503 e. The van der Waals surface area contributed by atoms with Gasteiger partial charge in [0.05, 0.1) is 5.69 Å². The molecule has 0 saturated carbocycles. The summed E-state index contributed by atoms with van der Waals surface area (Å²) >= 11 is 0. The molecule has 0 aliphatic heterocycles. The second kappa shape index (κ2) is 3.09. The summed E-state index contributed by atoms with van der Waals surface area (Å²) in [7, 11) is 3.58. The van der Waals surface area contributed by atoms with Gasteiger partial charge in [-0.15, -0.1) is 0 Å². The maximum absolute atomic E-state index is 9.43. The molecule has 0 amide bonds. The Labute approximate surface area is 70.7 Å². The SMILES string of the molecule is CN(C)c1ccnc(C#N)c1O. The Balaban J connectivity index is 3.25. The van der Waals surface area contributed by atoms with E-state index in [4.69, 9.17) is 5.26 Å². The minimum atomic E-state index is -0.0648. The first-order chi connectivity index (χ1) is 5.66. The molecule has 0 radical (unpaired) electrons. The van der Waals surface area contributed by atoms with Crippen molar-refractivity contribution >= 4 is 5.69 Å². The highest BCUT2D eigenvalue weighted by Crippen LogP contribution is 2.26. The first-order valence-electron chi connectivity index (χ1n) is 3.42. The third kappa shape index (κ3) is 1.30. The van der Waals surface area contributed by atoms with Gasteiger partial charge in [0.2, 0.25) is 0 Å². The number of nitriles is 1. The summed E-state index contributed by atoms with van der Waals surface area (Å²) in [4.78, 5) is 5.42. The Kier molecular flexibility index (Phi) is 2.15. The summed E-state index contributed by atoms with van der Waals surface area (Å²) in [6, 6.07) is 3.45. The Morgan fingerprint density at radius 2 is 2.25 bits per heavy atom. The molecule has 0 bridgehead atoms. The Morgan fingerprint density at radius 1 is 1.58 bits per heavy atom. The molecule has 0 fully saturated rings. The van der Waals surface area contributed by atoms with E-state index in [1.165, 1.54) is 6.20 Å². The van der Waals surface area contributed by atoms with Crippen LogP contribution in [0.3, 0.4) is 0 Å². The summed E-state index contributed by atoms with van der Waals surface area (Å²) in [6.45, 7) is 0. The van der Waals surface area contributed by atoms with Crippen molar-refractivity contribution in [3.05, 3.63) is 18.0 Å². The molecule has 12 heavy (non-hydrogen) atoms. The van der Waals surface area contributed by atoms with Crippen molar-refractivity contribution < 1.29 is 5.11 Å². The monoisotopic (exact) mass is 163 g/mol. The van der Waals surface area contributed by atoms with Crippen LogP contribution in [0.5, 0.6) is 5.75 Å². The number of pyridine rings is 1. The van der Waals surface area contributed by atoms with Crippen molar-refractivity contribution in [3.63, 3.8) is 0 Å². The van der Waals surface area contributed by atoms with E-state index in [2.05, 4.69) is 4.98 Å². The topological polar surface area (TPSA) is 60.2 Å². The minimum absolute atomic E-state index is 0.0567. The van der Waals surface area contributed by atoms with Crippen molar-refractivity contribution in [2.24, 2.45) is 0 Å². The van der Waals surface area contributed by atoms with Crippen molar-refractivity contribution in [2.45, 2.75) is 0 Å². The fraction of sp³-hybridized carbons (Fsp3) is 0.250. The van der Waals surface area contributed by atoms with Gasteiger partial charge in [0, 0.05) is 20.3 Å². The lowest BCUT2D eigenvalue weighted by Crippen LogP contribution is -2.09.